The topological polar surface area (TPSA) is 111 Å². The van der Waals surface area contributed by atoms with Crippen molar-refractivity contribution in [2.75, 3.05) is 0 Å². The summed E-state index contributed by atoms with van der Waals surface area (Å²) in [6.45, 7) is 3.78. The maximum absolute atomic E-state index is 13.0. The highest BCUT2D eigenvalue weighted by Gasteiger charge is 2.25. The molecule has 0 saturated carbocycles. The first-order valence-electron chi connectivity index (χ1n) is 8.95. The summed E-state index contributed by atoms with van der Waals surface area (Å²) in [5, 5.41) is 17.7. The fraction of sp³-hybridized carbons (Fsp3) is 0.250. The molecular formula is C20H19FN4O4. The second-order valence-electron chi connectivity index (χ2n) is 6.86. The third kappa shape index (κ3) is 5.01. The van der Waals surface area contributed by atoms with Gasteiger partial charge in [0.25, 0.3) is 5.69 Å². The molecule has 3 aromatic rings. The molecule has 1 aromatic heterocycles. The quantitative estimate of drug-likeness (QED) is 0.478. The minimum atomic E-state index is -0.539. The number of halogens is 1. The van der Waals surface area contributed by atoms with Crippen LogP contribution in [0.15, 0.2) is 53.1 Å². The average Bonchev–Trinajstić information content (AvgIpc) is 3.17. The standard InChI is InChI=1S/C20H19FN4O4/c1-12(2)18(22-17(26)10-13-6-8-15(21)9-7-13)20-23-19(24-29-20)14-4-3-5-16(11-14)25(27)28/h3-9,11-12,18H,10H2,1-2H3,(H,22,26)/t18-/m1/s1. The molecule has 1 atom stereocenters. The van der Waals surface area contributed by atoms with Crippen LogP contribution in [0.4, 0.5) is 10.1 Å². The molecule has 0 fully saturated rings. The zero-order chi connectivity index (χ0) is 21.0. The minimum Gasteiger partial charge on any atom is -0.344 e. The molecule has 8 nitrogen and oxygen atoms in total. The van der Waals surface area contributed by atoms with Crippen molar-refractivity contribution in [3.05, 3.63) is 75.9 Å². The van der Waals surface area contributed by atoms with Crippen LogP contribution in [0.25, 0.3) is 11.4 Å². The number of rotatable bonds is 7. The van der Waals surface area contributed by atoms with E-state index in [4.69, 9.17) is 4.52 Å². The normalized spacial score (nSPS) is 12.0. The molecule has 0 bridgehead atoms. The molecule has 1 N–H and O–H groups in total. The van der Waals surface area contributed by atoms with Gasteiger partial charge in [-0.15, -0.1) is 0 Å². The van der Waals surface area contributed by atoms with Gasteiger partial charge in [0.15, 0.2) is 0 Å². The van der Waals surface area contributed by atoms with Gasteiger partial charge in [0.05, 0.1) is 11.3 Å². The van der Waals surface area contributed by atoms with E-state index in [2.05, 4.69) is 15.5 Å². The van der Waals surface area contributed by atoms with E-state index in [0.29, 0.717) is 11.1 Å². The molecule has 1 heterocycles. The van der Waals surface area contributed by atoms with Crippen LogP contribution in [0.5, 0.6) is 0 Å². The summed E-state index contributed by atoms with van der Waals surface area (Å²) in [4.78, 5) is 27.2. The summed E-state index contributed by atoms with van der Waals surface area (Å²) in [5.74, 6) is -0.291. The van der Waals surface area contributed by atoms with Gasteiger partial charge in [0.2, 0.25) is 17.6 Å². The number of benzene rings is 2. The zero-order valence-corrected chi connectivity index (χ0v) is 15.8. The fourth-order valence-corrected chi connectivity index (χ4v) is 2.76. The molecule has 0 saturated heterocycles. The highest BCUT2D eigenvalue weighted by Crippen LogP contribution is 2.25. The molecule has 0 aliphatic heterocycles. The van der Waals surface area contributed by atoms with Crippen LogP contribution in [0.2, 0.25) is 0 Å². The Morgan fingerprint density at radius 1 is 1.24 bits per heavy atom. The first kappa shape index (κ1) is 20.1. The molecule has 9 heteroatoms. The molecule has 1 amide bonds. The lowest BCUT2D eigenvalue weighted by molar-refractivity contribution is -0.384. The zero-order valence-electron chi connectivity index (χ0n) is 15.8. The van der Waals surface area contributed by atoms with E-state index in [-0.39, 0.29) is 41.5 Å². The van der Waals surface area contributed by atoms with E-state index in [9.17, 15) is 19.3 Å². The Hall–Kier alpha value is -3.62. The SMILES string of the molecule is CC(C)[C@@H](NC(=O)Cc1ccc(F)cc1)c1nc(-c2cccc([N+](=O)[O-])c2)no1. The van der Waals surface area contributed by atoms with Crippen molar-refractivity contribution < 1.29 is 18.6 Å². The number of nitrogens with zero attached hydrogens (tertiary/aromatic N) is 3. The van der Waals surface area contributed by atoms with Gasteiger partial charge in [-0.05, 0) is 23.6 Å². The van der Waals surface area contributed by atoms with E-state index in [1.54, 1.807) is 18.2 Å². The van der Waals surface area contributed by atoms with E-state index in [1.807, 2.05) is 13.8 Å². The fourth-order valence-electron chi connectivity index (χ4n) is 2.76. The Labute approximate surface area is 165 Å². The van der Waals surface area contributed by atoms with Crippen molar-refractivity contribution in [2.24, 2.45) is 5.92 Å². The predicted molar refractivity (Wildman–Crippen MR) is 102 cm³/mol. The number of carbonyl (C=O) groups is 1. The second-order valence-corrected chi connectivity index (χ2v) is 6.86. The van der Waals surface area contributed by atoms with Crippen molar-refractivity contribution in [3.8, 4) is 11.4 Å². The number of non-ortho nitro benzene ring substituents is 1. The van der Waals surface area contributed by atoms with Gasteiger partial charge in [0, 0.05) is 17.7 Å². The summed E-state index contributed by atoms with van der Waals surface area (Å²) in [6, 6.07) is 11.1. The Bertz CT molecular complexity index is 1020. The number of hydrogen-bond acceptors (Lipinski definition) is 6. The van der Waals surface area contributed by atoms with Crippen LogP contribution in [0.1, 0.15) is 31.3 Å². The van der Waals surface area contributed by atoms with Gasteiger partial charge >= 0.3 is 0 Å². The number of hydrogen-bond donors (Lipinski definition) is 1. The molecule has 0 spiro atoms. The summed E-state index contributed by atoms with van der Waals surface area (Å²) < 4.78 is 18.3. The number of carbonyl (C=O) groups excluding carboxylic acids is 1. The molecule has 0 aliphatic carbocycles. The highest BCUT2D eigenvalue weighted by atomic mass is 19.1. The Morgan fingerprint density at radius 3 is 2.62 bits per heavy atom. The lowest BCUT2D eigenvalue weighted by Gasteiger charge is -2.18. The lowest BCUT2D eigenvalue weighted by atomic mass is 10.0. The summed E-state index contributed by atoms with van der Waals surface area (Å²) in [7, 11) is 0. The van der Waals surface area contributed by atoms with Gasteiger partial charge < -0.3 is 9.84 Å². The van der Waals surface area contributed by atoms with Gasteiger partial charge in [-0.1, -0.05) is 43.3 Å². The van der Waals surface area contributed by atoms with Crippen molar-refractivity contribution >= 4 is 11.6 Å². The molecule has 150 valence electrons. The molecule has 29 heavy (non-hydrogen) atoms. The van der Waals surface area contributed by atoms with Crippen LogP contribution in [0, 0.1) is 21.8 Å². The van der Waals surface area contributed by atoms with E-state index in [1.165, 1.54) is 30.3 Å². The number of nitrogens with one attached hydrogen (secondary N) is 1. The number of nitro groups is 1. The number of aromatic nitrogens is 2. The van der Waals surface area contributed by atoms with Crippen LogP contribution in [0.3, 0.4) is 0 Å². The van der Waals surface area contributed by atoms with E-state index in [0.717, 1.165) is 0 Å². The monoisotopic (exact) mass is 398 g/mol. The van der Waals surface area contributed by atoms with E-state index >= 15 is 0 Å². The third-order valence-corrected chi connectivity index (χ3v) is 4.28. The van der Waals surface area contributed by atoms with Crippen LogP contribution >= 0.6 is 0 Å². The maximum Gasteiger partial charge on any atom is 0.270 e. The van der Waals surface area contributed by atoms with Crippen molar-refractivity contribution in [1.29, 1.82) is 0 Å². The van der Waals surface area contributed by atoms with Gasteiger partial charge in [-0.3, -0.25) is 14.9 Å². The van der Waals surface area contributed by atoms with Crippen molar-refractivity contribution in [1.82, 2.24) is 15.5 Å². The van der Waals surface area contributed by atoms with Crippen LogP contribution < -0.4 is 5.32 Å². The van der Waals surface area contributed by atoms with Gasteiger partial charge in [-0.25, -0.2) is 4.39 Å². The largest absolute Gasteiger partial charge is 0.344 e. The summed E-state index contributed by atoms with van der Waals surface area (Å²) in [5.41, 5.74) is 1.03. The molecule has 0 radical (unpaired) electrons. The number of amides is 1. The van der Waals surface area contributed by atoms with Gasteiger partial charge in [-0.2, -0.15) is 4.98 Å². The predicted octanol–water partition coefficient (Wildman–Crippen LogP) is 3.84. The molecule has 0 aliphatic rings. The van der Waals surface area contributed by atoms with Crippen LogP contribution in [-0.4, -0.2) is 21.0 Å². The smallest absolute Gasteiger partial charge is 0.270 e. The van der Waals surface area contributed by atoms with Crippen molar-refractivity contribution in [3.63, 3.8) is 0 Å². The molecule has 3 rings (SSSR count). The highest BCUT2D eigenvalue weighted by molar-refractivity contribution is 5.79. The third-order valence-electron chi connectivity index (χ3n) is 4.28. The maximum atomic E-state index is 13.0. The average molecular weight is 398 g/mol. The molecule has 0 unspecified atom stereocenters. The number of nitro benzene ring substituents is 1. The molecule has 2 aromatic carbocycles. The Balaban J connectivity index is 1.76. The van der Waals surface area contributed by atoms with Crippen molar-refractivity contribution in [2.45, 2.75) is 26.3 Å². The lowest BCUT2D eigenvalue weighted by Crippen LogP contribution is -2.33. The van der Waals surface area contributed by atoms with Gasteiger partial charge in [0.1, 0.15) is 11.9 Å². The Kier molecular flexibility index (Phi) is 5.96. The minimum absolute atomic E-state index is 0.0504. The van der Waals surface area contributed by atoms with E-state index < -0.39 is 11.0 Å². The first-order valence-corrected chi connectivity index (χ1v) is 8.95. The van der Waals surface area contributed by atoms with Crippen LogP contribution in [-0.2, 0) is 11.2 Å². The first-order chi connectivity index (χ1) is 13.8. The Morgan fingerprint density at radius 2 is 1.97 bits per heavy atom. The second kappa shape index (κ2) is 8.59. The summed E-state index contributed by atoms with van der Waals surface area (Å²) >= 11 is 0. The molecular weight excluding hydrogens is 379 g/mol. The summed E-state index contributed by atoms with van der Waals surface area (Å²) in [6.07, 6.45) is 0.0787.